The molecule has 0 aromatic carbocycles. The van der Waals surface area contributed by atoms with Gasteiger partial charge in [-0.15, -0.1) is 0 Å². The van der Waals surface area contributed by atoms with E-state index in [2.05, 4.69) is 8.37 Å². The van der Waals surface area contributed by atoms with Gasteiger partial charge in [0.1, 0.15) is 146 Å². The number of rotatable bonds is 19. The molecule has 7 aliphatic rings. The molecule has 0 spiro atoms. The maximum atomic E-state index is 11.6. The van der Waals surface area contributed by atoms with Crippen LogP contribution in [0.5, 0.6) is 0 Å². The van der Waals surface area contributed by atoms with Gasteiger partial charge in [-0.05, 0) is 0 Å². The summed E-state index contributed by atoms with van der Waals surface area (Å²) in [5, 5.41) is 171. The van der Waals surface area contributed by atoms with Crippen molar-refractivity contribution in [3.63, 3.8) is 0 Å². The summed E-state index contributed by atoms with van der Waals surface area (Å²) in [6, 6.07) is 0. The van der Waals surface area contributed by atoms with Crippen LogP contribution in [0.25, 0.3) is 0 Å². The van der Waals surface area contributed by atoms with E-state index >= 15 is 0 Å². The first-order chi connectivity index (χ1) is 34.7. The van der Waals surface area contributed by atoms with Crippen LogP contribution in [0.15, 0.2) is 0 Å². The Morgan fingerprint density at radius 1 is 0.365 bits per heavy atom. The van der Waals surface area contributed by atoms with Crippen molar-refractivity contribution >= 4 is 20.8 Å². The Balaban J connectivity index is 1.03. The van der Waals surface area contributed by atoms with Crippen molar-refractivity contribution < 1.29 is 173 Å². The zero-order chi connectivity index (χ0) is 54.5. The Morgan fingerprint density at radius 2 is 0.743 bits per heavy atom. The van der Waals surface area contributed by atoms with Gasteiger partial charge in [0.2, 0.25) is 0 Å². The van der Waals surface area contributed by atoms with E-state index in [1.54, 1.807) is 0 Å². The van der Waals surface area contributed by atoms with Crippen LogP contribution in [-0.2, 0) is 86.0 Å². The highest BCUT2D eigenvalue weighted by atomic mass is 32.3. The molecule has 38 heteroatoms. The zero-order valence-corrected chi connectivity index (χ0v) is 39.4. The fraction of sp³-hybridized carbons (Fsp3) is 1.00. The average Bonchev–Trinajstić information content (AvgIpc) is 3.65. The summed E-state index contributed by atoms with van der Waals surface area (Å²) in [5.74, 6) is 0. The van der Waals surface area contributed by atoms with Crippen molar-refractivity contribution in [1.29, 1.82) is 0 Å². The van der Waals surface area contributed by atoms with Crippen LogP contribution in [0.3, 0.4) is 0 Å². The molecule has 7 saturated heterocycles. The quantitative estimate of drug-likeness (QED) is 0.0534. The predicted octanol–water partition coefficient (Wildman–Crippen LogP) is -13.4. The molecule has 7 fully saturated rings. The third-order valence-electron chi connectivity index (χ3n) is 13.1. The minimum Gasteiger partial charge on any atom is -0.394 e. The molecule has 0 radical (unpaired) electrons. The van der Waals surface area contributed by atoms with Crippen molar-refractivity contribution in [1.82, 2.24) is 0 Å². The first kappa shape index (κ1) is 60.3. The van der Waals surface area contributed by atoms with Crippen molar-refractivity contribution in [3.8, 4) is 0 Å². The van der Waals surface area contributed by atoms with Crippen LogP contribution >= 0.6 is 0 Å². The minimum absolute atomic E-state index is 0.394. The highest BCUT2D eigenvalue weighted by molar-refractivity contribution is 7.81. The van der Waals surface area contributed by atoms with E-state index in [-0.39, 0.29) is 0 Å². The van der Waals surface area contributed by atoms with Gasteiger partial charge in [-0.1, -0.05) is 0 Å². The molecule has 7 rings (SSSR count). The fourth-order valence-electron chi connectivity index (χ4n) is 9.15. The largest absolute Gasteiger partial charge is 0.397 e. The summed E-state index contributed by atoms with van der Waals surface area (Å²) in [5.41, 5.74) is 0. The van der Waals surface area contributed by atoms with Gasteiger partial charge in [-0.25, -0.2) is 8.37 Å². The summed E-state index contributed by atoms with van der Waals surface area (Å²) in [4.78, 5) is 0. The van der Waals surface area contributed by atoms with Crippen LogP contribution in [-0.4, -0.2) is 332 Å². The second-order valence-corrected chi connectivity index (χ2v) is 20.1. The molecule has 7 heterocycles. The van der Waals surface area contributed by atoms with Gasteiger partial charge in [-0.3, -0.25) is 9.11 Å². The van der Waals surface area contributed by atoms with E-state index in [1.807, 2.05) is 0 Å². The summed E-state index contributed by atoms with van der Waals surface area (Å²) in [6.45, 7) is -5.70. The van der Waals surface area contributed by atoms with Crippen molar-refractivity contribution in [2.45, 2.75) is 184 Å². The van der Waals surface area contributed by atoms with Crippen LogP contribution < -0.4 is 0 Å². The molecule has 2 bridgehead atoms. The fourth-order valence-corrected chi connectivity index (χ4v) is 9.76. The van der Waals surface area contributed by atoms with Gasteiger partial charge in [0.25, 0.3) is 0 Å². The number of fused-ring (bicyclic) bond motifs is 2. The van der Waals surface area contributed by atoms with Gasteiger partial charge in [0, 0.05) is 0 Å². The molecule has 0 aliphatic carbocycles. The lowest BCUT2D eigenvalue weighted by molar-refractivity contribution is -0.389. The third kappa shape index (κ3) is 13.1. The first-order valence-electron chi connectivity index (χ1n) is 22.4. The second kappa shape index (κ2) is 24.5. The molecule has 0 aromatic heterocycles. The van der Waals surface area contributed by atoms with Gasteiger partial charge in [0.05, 0.1) is 39.6 Å². The van der Waals surface area contributed by atoms with E-state index in [1.165, 1.54) is 0 Å². The highest BCUT2D eigenvalue weighted by Crippen LogP contribution is 2.39. The van der Waals surface area contributed by atoms with Crippen LogP contribution in [0.1, 0.15) is 0 Å². The lowest BCUT2D eigenvalue weighted by Crippen LogP contribution is -2.67. The van der Waals surface area contributed by atoms with Crippen LogP contribution in [0.4, 0.5) is 0 Å². The number of aliphatic hydroxyl groups is 16. The number of hydrogen-bond acceptors (Lipinski definition) is 34. The Labute approximate surface area is 416 Å². The molecule has 0 saturated carbocycles. The molecule has 74 heavy (non-hydrogen) atoms. The second-order valence-electron chi connectivity index (χ2n) is 17.9. The Morgan fingerprint density at radius 3 is 1.23 bits per heavy atom. The van der Waals surface area contributed by atoms with Gasteiger partial charge in [0.15, 0.2) is 37.7 Å². The standard InChI is InChI=1S/C36H60O36S2/c37-1-7-14(41)27(21(48)31(52)62-7)70-33-20(47)18(45)25(12(67-33)6-61-74(56,57)58)68-34-22(49)29(16(43)8(2-38)63-34)72-36-24(51)30-26(11(66-36)4-59-30)69-35-23(50)28(15(42)9(3-39)64-35)71-32-19(46)17(44)13(40)10(65-32)5-60-73(53,54)55/h7-52H,1-6H2,(H,53,54,55)(H,56,57,58)/t7-,8-,9-,10+,11+,12+,13-,14+,15+,16+,17-,18+,19+,20+,21-,22-,23-,24+,25-,26-,27+,28+,29+,30+,31-,32+,33+,34+,35+,36+/m1/s1. The van der Waals surface area contributed by atoms with E-state index in [9.17, 15) is 103 Å². The molecule has 0 aromatic rings. The third-order valence-corrected chi connectivity index (χ3v) is 13.9. The summed E-state index contributed by atoms with van der Waals surface area (Å²) in [6.07, 6.45) is -58.3. The Kier molecular flexibility index (Phi) is 20.0. The molecule has 432 valence electrons. The van der Waals surface area contributed by atoms with Gasteiger partial charge in [-0.2, -0.15) is 16.8 Å². The Hall–Kier alpha value is -1.38. The predicted molar refractivity (Wildman–Crippen MR) is 217 cm³/mol. The molecule has 18 N–H and O–H groups in total. The first-order valence-corrected chi connectivity index (χ1v) is 25.1. The number of hydrogen-bond donors (Lipinski definition) is 18. The van der Waals surface area contributed by atoms with Crippen molar-refractivity contribution in [2.24, 2.45) is 0 Å². The van der Waals surface area contributed by atoms with E-state index in [0.717, 1.165) is 0 Å². The summed E-state index contributed by atoms with van der Waals surface area (Å²) in [7, 11) is -10.4. The molecule has 0 amide bonds. The Bertz CT molecular complexity index is 2030. The smallest absolute Gasteiger partial charge is 0.394 e. The van der Waals surface area contributed by atoms with Crippen molar-refractivity contribution in [2.75, 3.05) is 39.6 Å². The summed E-state index contributed by atoms with van der Waals surface area (Å²) >= 11 is 0. The lowest BCUT2D eigenvalue weighted by atomic mass is 9.95. The highest BCUT2D eigenvalue weighted by Gasteiger charge is 2.59. The maximum absolute atomic E-state index is 11.6. The maximum Gasteiger partial charge on any atom is 0.397 e. The van der Waals surface area contributed by atoms with E-state index in [0.29, 0.717) is 0 Å². The molecular weight excluding hydrogens is 1070 g/mol. The molecule has 30 atom stereocenters. The van der Waals surface area contributed by atoms with Crippen molar-refractivity contribution in [3.05, 3.63) is 0 Å². The zero-order valence-electron chi connectivity index (χ0n) is 37.8. The van der Waals surface area contributed by atoms with Crippen LogP contribution in [0.2, 0.25) is 0 Å². The monoisotopic (exact) mass is 1130 g/mol. The van der Waals surface area contributed by atoms with Gasteiger partial charge < -0.3 is 139 Å². The number of aliphatic hydroxyl groups excluding tert-OH is 16. The van der Waals surface area contributed by atoms with Crippen LogP contribution in [0, 0.1) is 0 Å². The molecule has 7 aliphatic heterocycles. The topological polar surface area (TPSA) is 562 Å². The number of ether oxygens (including phenoxy) is 12. The van der Waals surface area contributed by atoms with Gasteiger partial charge >= 0.3 is 20.8 Å². The molecular formula is C36H60O36S2. The average molecular weight is 1130 g/mol. The lowest BCUT2D eigenvalue weighted by Gasteiger charge is -2.49. The molecule has 0 unspecified atom stereocenters. The SMILES string of the molecule is O=S(=O)(O)OC[C@@H]1O[C@@H](O[C@H]2[C@@H](O)[C@@H](CO)O[C@@H](O[C@H]3[C@H]4OC[C@@H]3O[C@@H](O[C@H]3[C@@H](O)[C@@H](CO)O[C@@H](O[C@H]5[C@@H](O)[C@H](O)[C@H](O[C@@H]6[C@@H](O)[C@H](O)O[C@H](CO)[C@@H]6O)O[C@H]5COS(=O)(=O)O)[C@@H]3O)[C@H]4O)[C@@H]2O)[C@@H](O)[C@H](O)[C@@H]1O. The molecule has 36 nitrogen and oxygen atoms in total. The minimum atomic E-state index is -5.30. The normalized spacial score (nSPS) is 50.5. The summed E-state index contributed by atoms with van der Waals surface area (Å²) < 4.78 is 139. The van der Waals surface area contributed by atoms with E-state index < -0.39 is 245 Å². The van der Waals surface area contributed by atoms with E-state index in [4.69, 9.17) is 61.4 Å².